The van der Waals surface area contributed by atoms with Crippen molar-refractivity contribution in [2.75, 3.05) is 13.2 Å². The largest absolute Gasteiger partial charge is 0.484 e. The highest BCUT2D eigenvalue weighted by molar-refractivity contribution is 7.80. The van der Waals surface area contributed by atoms with Gasteiger partial charge in [0.05, 0.1) is 5.02 Å². The van der Waals surface area contributed by atoms with Crippen LogP contribution in [0.1, 0.15) is 12.5 Å². The first-order valence-corrected chi connectivity index (χ1v) is 9.72. The van der Waals surface area contributed by atoms with E-state index in [4.69, 9.17) is 44.9 Å². The lowest BCUT2D eigenvalue weighted by Gasteiger charge is -2.12. The first kappa shape index (κ1) is 22.7. The van der Waals surface area contributed by atoms with Gasteiger partial charge in [-0.1, -0.05) is 42.3 Å². The van der Waals surface area contributed by atoms with Crippen molar-refractivity contribution in [3.05, 3.63) is 58.1 Å². The van der Waals surface area contributed by atoms with Gasteiger partial charge >= 0.3 is 0 Å². The highest BCUT2D eigenvalue weighted by Crippen LogP contribution is 2.27. The molecule has 0 aliphatic rings. The number of carbonyl (C=O) groups excluding carboxylic acids is 2. The molecule has 0 saturated heterocycles. The monoisotopic (exact) mass is 455 g/mol. The Morgan fingerprint density at radius 2 is 1.66 bits per heavy atom. The molecule has 0 unspecified atom stereocenters. The van der Waals surface area contributed by atoms with Crippen LogP contribution in [0.3, 0.4) is 0 Å². The number of ether oxygens (including phenoxy) is 2. The van der Waals surface area contributed by atoms with Gasteiger partial charge < -0.3 is 9.47 Å². The number of aryl methyl sites for hydroxylation is 1. The molecule has 154 valence electrons. The minimum absolute atomic E-state index is 0.0854. The molecule has 0 fully saturated rings. The Morgan fingerprint density at radius 3 is 2.31 bits per heavy atom. The van der Waals surface area contributed by atoms with Crippen molar-refractivity contribution in [3.63, 3.8) is 0 Å². The van der Waals surface area contributed by atoms with Crippen LogP contribution in [0, 0.1) is 0 Å². The topological polar surface area (TPSA) is 88.7 Å². The summed E-state index contributed by atoms with van der Waals surface area (Å²) in [5.41, 5.74) is 5.86. The van der Waals surface area contributed by atoms with Crippen LogP contribution in [0.2, 0.25) is 10.0 Å². The molecule has 2 aromatic carbocycles. The molecule has 2 amide bonds. The van der Waals surface area contributed by atoms with E-state index < -0.39 is 11.8 Å². The molecular weight excluding hydrogens is 437 g/mol. The molecule has 0 radical (unpaired) electrons. The van der Waals surface area contributed by atoms with Crippen molar-refractivity contribution in [1.29, 1.82) is 0 Å². The highest BCUT2D eigenvalue weighted by Gasteiger charge is 2.09. The molecule has 7 nitrogen and oxygen atoms in total. The van der Waals surface area contributed by atoms with Crippen molar-refractivity contribution < 1.29 is 19.1 Å². The number of halogens is 2. The van der Waals surface area contributed by atoms with Crippen LogP contribution in [-0.4, -0.2) is 30.1 Å². The standard InChI is InChI=1S/C19H19Cl2N3O4S/c1-2-12-3-6-14(7-4-12)27-10-17(25)22-19(29)24-23-18(26)11-28-16-8-5-13(20)9-15(16)21/h3-9H,2,10-11H2,1H3,(H,23,26)(H2,22,24,25,29). The Kier molecular flexibility index (Phi) is 8.98. The van der Waals surface area contributed by atoms with Crippen LogP contribution in [0.15, 0.2) is 42.5 Å². The summed E-state index contributed by atoms with van der Waals surface area (Å²) in [6, 6.07) is 12.1. The number of thiocarbonyl (C=S) groups is 1. The smallest absolute Gasteiger partial charge is 0.276 e. The highest BCUT2D eigenvalue weighted by atomic mass is 35.5. The van der Waals surface area contributed by atoms with E-state index in [-0.39, 0.29) is 23.3 Å². The number of nitrogens with one attached hydrogen (secondary N) is 3. The lowest BCUT2D eigenvalue weighted by atomic mass is 10.2. The zero-order valence-electron chi connectivity index (χ0n) is 15.5. The normalized spacial score (nSPS) is 10.0. The average Bonchev–Trinajstić information content (AvgIpc) is 2.70. The number of benzene rings is 2. The van der Waals surface area contributed by atoms with E-state index in [0.717, 1.165) is 6.42 Å². The summed E-state index contributed by atoms with van der Waals surface area (Å²) >= 11 is 16.7. The van der Waals surface area contributed by atoms with E-state index in [1.54, 1.807) is 24.3 Å². The van der Waals surface area contributed by atoms with Crippen molar-refractivity contribution in [1.82, 2.24) is 16.2 Å². The first-order chi connectivity index (χ1) is 13.9. The molecule has 3 N–H and O–H groups in total. The fourth-order valence-electron chi connectivity index (χ4n) is 2.06. The third-order valence-corrected chi connectivity index (χ3v) is 4.26. The second-order valence-electron chi connectivity index (χ2n) is 5.70. The predicted molar refractivity (Wildman–Crippen MR) is 115 cm³/mol. The van der Waals surface area contributed by atoms with Gasteiger partial charge in [-0.15, -0.1) is 0 Å². The Morgan fingerprint density at radius 1 is 0.966 bits per heavy atom. The molecule has 0 heterocycles. The molecule has 29 heavy (non-hydrogen) atoms. The van der Waals surface area contributed by atoms with Gasteiger partial charge in [-0.3, -0.25) is 25.8 Å². The minimum Gasteiger partial charge on any atom is -0.484 e. The van der Waals surface area contributed by atoms with E-state index >= 15 is 0 Å². The second-order valence-corrected chi connectivity index (χ2v) is 6.95. The van der Waals surface area contributed by atoms with Crippen molar-refractivity contribution in [2.24, 2.45) is 0 Å². The number of rotatable bonds is 7. The lowest BCUT2D eigenvalue weighted by molar-refractivity contribution is -0.124. The van der Waals surface area contributed by atoms with E-state index in [1.807, 2.05) is 12.1 Å². The second kappa shape index (κ2) is 11.5. The fourth-order valence-corrected chi connectivity index (χ4v) is 2.69. The Hall–Kier alpha value is -2.55. The van der Waals surface area contributed by atoms with Crippen molar-refractivity contribution >= 4 is 52.3 Å². The molecule has 0 atom stereocenters. The maximum absolute atomic E-state index is 11.8. The molecular formula is C19H19Cl2N3O4S. The van der Waals surface area contributed by atoms with E-state index in [2.05, 4.69) is 23.1 Å². The zero-order chi connectivity index (χ0) is 21.2. The van der Waals surface area contributed by atoms with Crippen LogP contribution < -0.4 is 25.6 Å². The number of hydrogen-bond acceptors (Lipinski definition) is 5. The van der Waals surface area contributed by atoms with Gasteiger partial charge in [-0.05, 0) is 54.5 Å². The van der Waals surface area contributed by atoms with Crippen molar-refractivity contribution in [2.45, 2.75) is 13.3 Å². The molecule has 0 aliphatic heterocycles. The van der Waals surface area contributed by atoms with E-state index in [0.29, 0.717) is 16.5 Å². The van der Waals surface area contributed by atoms with Gasteiger partial charge in [0.1, 0.15) is 11.5 Å². The number of amides is 2. The lowest BCUT2D eigenvalue weighted by Crippen LogP contribution is -2.50. The first-order valence-electron chi connectivity index (χ1n) is 8.55. The summed E-state index contributed by atoms with van der Waals surface area (Å²) in [4.78, 5) is 23.6. The SMILES string of the molecule is CCc1ccc(OCC(=O)NC(=S)NNC(=O)COc2ccc(Cl)cc2Cl)cc1. The predicted octanol–water partition coefficient (Wildman–Crippen LogP) is 3.04. The summed E-state index contributed by atoms with van der Waals surface area (Å²) in [7, 11) is 0. The van der Waals surface area contributed by atoms with E-state index in [9.17, 15) is 9.59 Å². The van der Waals surface area contributed by atoms with Gasteiger partial charge in [0.25, 0.3) is 11.8 Å². The summed E-state index contributed by atoms with van der Waals surface area (Å²) in [5.74, 6) is -0.117. The van der Waals surface area contributed by atoms with E-state index in [1.165, 1.54) is 11.6 Å². The van der Waals surface area contributed by atoms with Gasteiger partial charge in [0, 0.05) is 5.02 Å². The molecule has 0 spiro atoms. The van der Waals surface area contributed by atoms with Gasteiger partial charge in [-0.25, -0.2) is 0 Å². The number of carbonyl (C=O) groups is 2. The van der Waals surface area contributed by atoms with Crippen LogP contribution in [0.25, 0.3) is 0 Å². The average molecular weight is 456 g/mol. The number of hydrazine groups is 1. The molecule has 0 saturated carbocycles. The van der Waals surface area contributed by atoms with Gasteiger partial charge in [0.15, 0.2) is 18.3 Å². The van der Waals surface area contributed by atoms with Crippen LogP contribution in [0.4, 0.5) is 0 Å². The quantitative estimate of drug-likeness (QED) is 0.439. The van der Waals surface area contributed by atoms with Crippen LogP contribution >= 0.6 is 35.4 Å². The molecule has 0 bridgehead atoms. The molecule has 0 aromatic heterocycles. The summed E-state index contributed by atoms with van der Waals surface area (Å²) < 4.78 is 10.6. The fraction of sp³-hybridized carbons (Fsp3) is 0.211. The zero-order valence-corrected chi connectivity index (χ0v) is 17.8. The summed E-state index contributed by atoms with van der Waals surface area (Å²) in [5, 5.41) is 3.03. The minimum atomic E-state index is -0.528. The van der Waals surface area contributed by atoms with Crippen LogP contribution in [-0.2, 0) is 16.0 Å². The molecule has 0 aliphatic carbocycles. The Labute approximate surface area is 183 Å². The van der Waals surface area contributed by atoms with Gasteiger partial charge in [-0.2, -0.15) is 0 Å². The molecule has 2 aromatic rings. The number of hydrogen-bond donors (Lipinski definition) is 3. The maximum Gasteiger partial charge on any atom is 0.276 e. The summed E-state index contributed by atoms with van der Waals surface area (Å²) in [6.07, 6.45) is 0.921. The Balaban J connectivity index is 1.66. The third-order valence-electron chi connectivity index (χ3n) is 3.52. The van der Waals surface area contributed by atoms with Gasteiger partial charge in [0.2, 0.25) is 0 Å². The molecule has 2 rings (SSSR count). The van der Waals surface area contributed by atoms with Crippen molar-refractivity contribution in [3.8, 4) is 11.5 Å². The Bertz CT molecular complexity index is 878. The third kappa shape index (κ3) is 8.15. The summed E-state index contributed by atoms with van der Waals surface area (Å²) in [6.45, 7) is 1.51. The molecule has 10 heteroatoms. The van der Waals surface area contributed by atoms with Crippen LogP contribution in [0.5, 0.6) is 11.5 Å². The maximum atomic E-state index is 11.8.